The summed E-state index contributed by atoms with van der Waals surface area (Å²) in [5.41, 5.74) is 1.64. The molecule has 0 rings (SSSR count). The molecule has 0 aromatic carbocycles. The number of hydrogen-bond acceptors (Lipinski definition) is 3. The van der Waals surface area contributed by atoms with Crippen molar-refractivity contribution in [3.05, 3.63) is 12.0 Å². The summed E-state index contributed by atoms with van der Waals surface area (Å²) in [5.74, 6) is 0.464. The van der Waals surface area contributed by atoms with Crippen LogP contribution in [-0.2, 0) is 0 Å². The Morgan fingerprint density at radius 2 is 2.10 bits per heavy atom. The van der Waals surface area contributed by atoms with Gasteiger partial charge in [-0.15, -0.1) is 0 Å². The lowest BCUT2D eigenvalue weighted by atomic mass is 10.3. The van der Waals surface area contributed by atoms with E-state index >= 15 is 0 Å². The molecule has 2 nitrogen and oxygen atoms in total. The van der Waals surface area contributed by atoms with Crippen molar-refractivity contribution in [3.63, 3.8) is 0 Å². The van der Waals surface area contributed by atoms with Crippen LogP contribution in [0.3, 0.4) is 0 Å². The minimum Gasteiger partial charge on any atom is -0.163 e. The van der Waals surface area contributed by atoms with Crippen LogP contribution in [0, 0.1) is 5.92 Å². The summed E-state index contributed by atoms with van der Waals surface area (Å²) in [6, 6.07) is 0. The van der Waals surface area contributed by atoms with E-state index in [0.717, 1.165) is 0 Å². The molecule has 0 fully saturated rings. The maximum Gasteiger partial charge on any atom is 0.0866 e. The summed E-state index contributed by atoms with van der Waals surface area (Å²) < 4.78 is 0. The SMILES string of the molecule is C=CS/C=N\N=C\C(C)C. The van der Waals surface area contributed by atoms with Gasteiger partial charge in [0.1, 0.15) is 0 Å². The van der Waals surface area contributed by atoms with Crippen molar-refractivity contribution in [3.8, 4) is 0 Å². The third-order valence-electron chi connectivity index (χ3n) is 0.636. The van der Waals surface area contributed by atoms with Crippen LogP contribution in [0.25, 0.3) is 0 Å². The Bertz CT molecular complexity index is 139. The van der Waals surface area contributed by atoms with Crippen LogP contribution >= 0.6 is 11.8 Å². The van der Waals surface area contributed by atoms with Gasteiger partial charge in [0.05, 0.1) is 5.55 Å². The summed E-state index contributed by atoms with van der Waals surface area (Å²) in [7, 11) is 0. The van der Waals surface area contributed by atoms with Gasteiger partial charge in [-0.25, -0.2) is 0 Å². The monoisotopic (exact) mass is 156 g/mol. The average Bonchev–Trinajstić information content (AvgIpc) is 1.87. The number of hydrogen-bond donors (Lipinski definition) is 0. The zero-order chi connectivity index (χ0) is 7.82. The first-order valence-electron chi connectivity index (χ1n) is 3.08. The lowest BCUT2D eigenvalue weighted by Crippen LogP contribution is -1.84. The predicted molar refractivity (Wildman–Crippen MR) is 49.6 cm³/mol. The summed E-state index contributed by atoms with van der Waals surface area (Å²) in [6.07, 6.45) is 1.79. The molecule has 0 radical (unpaired) electrons. The molecule has 10 heavy (non-hydrogen) atoms. The van der Waals surface area contributed by atoms with Crippen LogP contribution < -0.4 is 0 Å². The zero-order valence-corrected chi connectivity index (χ0v) is 7.14. The van der Waals surface area contributed by atoms with Crippen molar-refractivity contribution < 1.29 is 0 Å². The normalized spacial score (nSPS) is 11.9. The third kappa shape index (κ3) is 7.43. The topological polar surface area (TPSA) is 24.7 Å². The van der Waals surface area contributed by atoms with E-state index in [1.54, 1.807) is 17.2 Å². The number of thioether (sulfide) groups is 1. The zero-order valence-electron chi connectivity index (χ0n) is 6.32. The van der Waals surface area contributed by atoms with Crippen molar-refractivity contribution in [2.45, 2.75) is 13.8 Å². The fourth-order valence-electron chi connectivity index (χ4n) is 0.269. The van der Waals surface area contributed by atoms with Gasteiger partial charge >= 0.3 is 0 Å². The molecule has 0 bridgehead atoms. The van der Waals surface area contributed by atoms with Gasteiger partial charge in [0.25, 0.3) is 0 Å². The molecule has 3 heteroatoms. The van der Waals surface area contributed by atoms with E-state index in [4.69, 9.17) is 0 Å². The lowest BCUT2D eigenvalue weighted by molar-refractivity contribution is 0.900. The molecule has 0 saturated carbocycles. The van der Waals surface area contributed by atoms with Crippen LogP contribution in [-0.4, -0.2) is 11.8 Å². The van der Waals surface area contributed by atoms with Crippen LogP contribution in [0.15, 0.2) is 22.2 Å². The molecule has 0 aliphatic rings. The molecule has 0 amide bonds. The van der Waals surface area contributed by atoms with E-state index in [1.807, 2.05) is 0 Å². The maximum atomic E-state index is 3.78. The van der Waals surface area contributed by atoms with Crippen LogP contribution in [0.1, 0.15) is 13.8 Å². The lowest BCUT2D eigenvalue weighted by Gasteiger charge is -1.86. The molecule has 0 aromatic rings. The van der Waals surface area contributed by atoms with E-state index in [0.29, 0.717) is 5.92 Å². The first kappa shape index (κ1) is 9.43. The summed E-state index contributed by atoms with van der Waals surface area (Å²) in [5, 5.41) is 9.22. The van der Waals surface area contributed by atoms with Gasteiger partial charge in [-0.2, -0.15) is 10.2 Å². The maximum absolute atomic E-state index is 3.78. The Balaban J connectivity index is 3.41. The quantitative estimate of drug-likeness (QED) is 0.349. The van der Waals surface area contributed by atoms with Crippen LogP contribution in [0.2, 0.25) is 0 Å². The van der Waals surface area contributed by atoms with Crippen LogP contribution in [0.4, 0.5) is 0 Å². The van der Waals surface area contributed by atoms with Gasteiger partial charge < -0.3 is 0 Å². The molecule has 0 N–H and O–H groups in total. The van der Waals surface area contributed by atoms with E-state index in [1.165, 1.54) is 11.8 Å². The summed E-state index contributed by atoms with van der Waals surface area (Å²) in [6.45, 7) is 7.62. The Labute approximate surface area is 66.1 Å². The highest BCUT2D eigenvalue weighted by molar-refractivity contribution is 8.14. The Morgan fingerprint density at radius 1 is 1.40 bits per heavy atom. The molecule has 0 heterocycles. The summed E-state index contributed by atoms with van der Waals surface area (Å²) in [4.78, 5) is 0. The van der Waals surface area contributed by atoms with Crippen molar-refractivity contribution in [2.75, 3.05) is 0 Å². The molecule has 0 aliphatic carbocycles. The molecular weight excluding hydrogens is 144 g/mol. The summed E-state index contributed by atoms with van der Waals surface area (Å²) >= 11 is 1.42. The molecule has 56 valence electrons. The average molecular weight is 156 g/mol. The van der Waals surface area contributed by atoms with Crippen molar-refractivity contribution in [1.82, 2.24) is 0 Å². The highest BCUT2D eigenvalue weighted by Gasteiger charge is 1.80. The van der Waals surface area contributed by atoms with Crippen molar-refractivity contribution >= 4 is 23.5 Å². The van der Waals surface area contributed by atoms with E-state index in [9.17, 15) is 0 Å². The second-order valence-electron chi connectivity index (χ2n) is 2.03. The third-order valence-corrected chi connectivity index (χ3v) is 1.04. The van der Waals surface area contributed by atoms with Gasteiger partial charge in [0.2, 0.25) is 0 Å². The van der Waals surface area contributed by atoms with E-state index < -0.39 is 0 Å². The molecule has 0 unspecified atom stereocenters. The fraction of sp³-hybridized carbons (Fsp3) is 0.429. The molecule has 0 aliphatic heterocycles. The van der Waals surface area contributed by atoms with Crippen LogP contribution in [0.5, 0.6) is 0 Å². The highest BCUT2D eigenvalue weighted by atomic mass is 32.2. The Kier molecular flexibility index (Phi) is 6.18. The molecular formula is C7H12N2S. The number of rotatable bonds is 4. The predicted octanol–water partition coefficient (Wildman–Crippen LogP) is 2.53. The number of nitrogens with zero attached hydrogens (tertiary/aromatic N) is 2. The minimum atomic E-state index is 0.464. The Hall–Kier alpha value is -0.570. The second kappa shape index (κ2) is 6.55. The van der Waals surface area contributed by atoms with E-state index in [2.05, 4.69) is 30.6 Å². The first-order chi connectivity index (χ1) is 4.77. The van der Waals surface area contributed by atoms with Gasteiger partial charge in [-0.1, -0.05) is 32.2 Å². The Morgan fingerprint density at radius 3 is 2.60 bits per heavy atom. The van der Waals surface area contributed by atoms with Gasteiger partial charge in [0.15, 0.2) is 0 Å². The highest BCUT2D eigenvalue weighted by Crippen LogP contribution is 1.93. The van der Waals surface area contributed by atoms with E-state index in [-0.39, 0.29) is 0 Å². The van der Waals surface area contributed by atoms with Crippen molar-refractivity contribution in [2.24, 2.45) is 16.1 Å². The standard InChI is InChI=1S/C7H12N2S/c1-4-10-6-9-8-5-7(2)3/h4-7H,1H2,2-3H3/b8-5+,9-6-. The largest absolute Gasteiger partial charge is 0.163 e. The molecule has 0 aromatic heterocycles. The smallest absolute Gasteiger partial charge is 0.0866 e. The fourth-order valence-corrected chi connectivity index (χ4v) is 0.464. The first-order valence-corrected chi connectivity index (χ1v) is 4.03. The molecule has 0 spiro atoms. The van der Waals surface area contributed by atoms with Gasteiger partial charge in [-0.3, -0.25) is 0 Å². The molecule has 0 atom stereocenters. The molecule has 0 saturated heterocycles. The van der Waals surface area contributed by atoms with Crippen molar-refractivity contribution in [1.29, 1.82) is 0 Å². The minimum absolute atomic E-state index is 0.464. The van der Waals surface area contributed by atoms with Gasteiger partial charge in [0, 0.05) is 6.21 Å². The second-order valence-corrected chi connectivity index (χ2v) is 2.85. The van der Waals surface area contributed by atoms with Gasteiger partial charge in [-0.05, 0) is 11.3 Å².